The molecule has 28 heavy (non-hydrogen) atoms. The van der Waals surface area contributed by atoms with Gasteiger partial charge in [0.2, 0.25) is 0 Å². The van der Waals surface area contributed by atoms with E-state index in [-0.39, 0.29) is 23.8 Å². The van der Waals surface area contributed by atoms with Gasteiger partial charge in [0.1, 0.15) is 22.9 Å². The van der Waals surface area contributed by atoms with Gasteiger partial charge in [-0.1, -0.05) is 11.6 Å². The Morgan fingerprint density at radius 2 is 1.79 bits per heavy atom. The third-order valence-corrected chi connectivity index (χ3v) is 5.15. The van der Waals surface area contributed by atoms with Gasteiger partial charge < -0.3 is 20.4 Å². The molecule has 1 amide bonds. The number of aryl methyl sites for hydroxylation is 1. The van der Waals surface area contributed by atoms with Crippen LogP contribution in [0.4, 0.5) is 17.1 Å². The average molecular weight is 400 g/mol. The molecule has 3 N–H and O–H groups in total. The summed E-state index contributed by atoms with van der Waals surface area (Å²) >= 11 is 6.30. The first-order valence-electron chi connectivity index (χ1n) is 8.74. The number of anilines is 3. The van der Waals surface area contributed by atoms with Gasteiger partial charge in [0, 0.05) is 10.6 Å². The maximum atomic E-state index is 12.5. The predicted molar refractivity (Wildman–Crippen MR) is 107 cm³/mol. The summed E-state index contributed by atoms with van der Waals surface area (Å²) in [5, 5.41) is 9.20. The summed E-state index contributed by atoms with van der Waals surface area (Å²) < 4.78 is 5.46. The molecular weight excluding hydrogens is 382 g/mol. The van der Waals surface area contributed by atoms with E-state index in [1.165, 1.54) is 0 Å². The van der Waals surface area contributed by atoms with Crippen molar-refractivity contribution in [2.45, 2.75) is 32.9 Å². The highest BCUT2D eigenvalue weighted by Gasteiger charge is 2.39. The topological polar surface area (TPSA) is 100 Å². The fraction of sp³-hybridized carbons (Fsp3) is 0.250. The lowest BCUT2D eigenvalue weighted by Crippen LogP contribution is -2.36. The van der Waals surface area contributed by atoms with Crippen LogP contribution in [-0.2, 0) is 12.1 Å². The Morgan fingerprint density at radius 3 is 2.46 bits per heavy atom. The quantitative estimate of drug-likeness (QED) is 0.570. The molecule has 0 fully saturated rings. The highest BCUT2D eigenvalue weighted by Crippen LogP contribution is 2.40. The standard InChI is InChI=1S/C20H18ClN3O4/c1-9-4-5-10(28-9)8-22-15-16(18(26)17(15)25)23-12-7-6-11(21)14-13(12)19(27)24-20(14,2)3/h4-7,22-23H,8H2,1-3H3,(H,24,27). The van der Waals surface area contributed by atoms with Crippen molar-refractivity contribution in [3.8, 4) is 0 Å². The van der Waals surface area contributed by atoms with Crippen LogP contribution in [-0.4, -0.2) is 5.91 Å². The lowest BCUT2D eigenvalue weighted by Gasteiger charge is -2.21. The summed E-state index contributed by atoms with van der Waals surface area (Å²) in [5.74, 6) is 1.11. The van der Waals surface area contributed by atoms with E-state index < -0.39 is 16.4 Å². The van der Waals surface area contributed by atoms with Gasteiger partial charge in [-0.15, -0.1) is 0 Å². The predicted octanol–water partition coefficient (Wildman–Crippen LogP) is 3.17. The highest BCUT2D eigenvalue weighted by atomic mass is 35.5. The third-order valence-electron chi connectivity index (χ3n) is 4.84. The third kappa shape index (κ3) is 2.79. The zero-order valence-electron chi connectivity index (χ0n) is 15.5. The summed E-state index contributed by atoms with van der Waals surface area (Å²) in [6, 6.07) is 6.89. The number of hydrogen-bond donors (Lipinski definition) is 3. The minimum Gasteiger partial charge on any atom is -0.465 e. The molecule has 2 aromatic carbocycles. The zero-order chi connectivity index (χ0) is 20.2. The molecule has 2 heterocycles. The SMILES string of the molecule is Cc1ccc(CNc2c(Nc3ccc(Cl)c4c3C(=O)NC4(C)C)c(=O)c2=O)o1. The summed E-state index contributed by atoms with van der Waals surface area (Å²) in [5.41, 5.74) is -0.141. The molecule has 0 bridgehead atoms. The van der Waals surface area contributed by atoms with E-state index in [9.17, 15) is 14.4 Å². The maximum absolute atomic E-state index is 12.5. The van der Waals surface area contributed by atoms with Gasteiger partial charge >= 0.3 is 0 Å². The lowest BCUT2D eigenvalue weighted by atomic mass is 9.93. The van der Waals surface area contributed by atoms with Crippen LogP contribution >= 0.6 is 11.6 Å². The Hall–Kier alpha value is -3.06. The van der Waals surface area contributed by atoms with Crippen molar-refractivity contribution in [3.63, 3.8) is 0 Å². The highest BCUT2D eigenvalue weighted by molar-refractivity contribution is 6.32. The van der Waals surface area contributed by atoms with E-state index >= 15 is 0 Å². The normalized spacial score (nSPS) is 14.8. The summed E-state index contributed by atoms with van der Waals surface area (Å²) in [6.45, 7) is 5.78. The number of halogens is 1. The summed E-state index contributed by atoms with van der Waals surface area (Å²) in [6.07, 6.45) is 0. The van der Waals surface area contributed by atoms with Crippen LogP contribution in [0, 0.1) is 6.92 Å². The first-order valence-corrected chi connectivity index (χ1v) is 9.12. The Kier molecular flexibility index (Phi) is 4.08. The largest absolute Gasteiger partial charge is 0.465 e. The molecular formula is C20H18ClN3O4. The van der Waals surface area contributed by atoms with E-state index in [0.29, 0.717) is 27.6 Å². The van der Waals surface area contributed by atoms with Gasteiger partial charge in [0.25, 0.3) is 16.8 Å². The van der Waals surface area contributed by atoms with Crippen LogP contribution in [0.15, 0.2) is 38.3 Å². The summed E-state index contributed by atoms with van der Waals surface area (Å²) in [7, 11) is 0. The molecule has 1 aromatic heterocycles. The number of rotatable bonds is 5. The first kappa shape index (κ1) is 18.3. The second-order valence-electron chi connectivity index (χ2n) is 7.32. The van der Waals surface area contributed by atoms with Gasteiger partial charge in [-0.25, -0.2) is 0 Å². The second-order valence-corrected chi connectivity index (χ2v) is 7.73. The van der Waals surface area contributed by atoms with Crippen molar-refractivity contribution in [1.29, 1.82) is 0 Å². The van der Waals surface area contributed by atoms with Crippen molar-refractivity contribution in [2.24, 2.45) is 0 Å². The molecule has 0 atom stereocenters. The Morgan fingerprint density at radius 1 is 1.07 bits per heavy atom. The smallest absolute Gasteiger partial charge is 0.254 e. The van der Waals surface area contributed by atoms with Gasteiger partial charge in [0.05, 0.1) is 23.3 Å². The van der Waals surface area contributed by atoms with Gasteiger partial charge in [0.15, 0.2) is 0 Å². The molecule has 144 valence electrons. The van der Waals surface area contributed by atoms with E-state index in [1.807, 2.05) is 26.8 Å². The fourth-order valence-electron chi connectivity index (χ4n) is 3.51. The van der Waals surface area contributed by atoms with Crippen LogP contribution in [0.25, 0.3) is 0 Å². The number of nitrogens with one attached hydrogen (secondary N) is 3. The molecule has 0 saturated heterocycles. The number of hydrogen-bond acceptors (Lipinski definition) is 6. The molecule has 0 spiro atoms. The molecule has 3 aromatic rings. The molecule has 1 aliphatic heterocycles. The minimum absolute atomic E-state index is 0.121. The van der Waals surface area contributed by atoms with Crippen molar-refractivity contribution in [1.82, 2.24) is 5.32 Å². The maximum Gasteiger partial charge on any atom is 0.254 e. The summed E-state index contributed by atoms with van der Waals surface area (Å²) in [4.78, 5) is 36.6. The van der Waals surface area contributed by atoms with Crippen LogP contribution in [0.2, 0.25) is 5.02 Å². The van der Waals surface area contributed by atoms with Gasteiger partial charge in [-0.05, 0) is 45.0 Å². The second kappa shape index (κ2) is 6.24. The van der Waals surface area contributed by atoms with Crippen molar-refractivity contribution < 1.29 is 9.21 Å². The van der Waals surface area contributed by atoms with Crippen LogP contribution < -0.4 is 26.8 Å². The number of carbonyl (C=O) groups is 1. The average Bonchev–Trinajstić information content (AvgIpc) is 3.15. The molecule has 0 aliphatic carbocycles. The van der Waals surface area contributed by atoms with Crippen molar-refractivity contribution in [3.05, 3.63) is 72.4 Å². The van der Waals surface area contributed by atoms with Gasteiger partial charge in [-0.3, -0.25) is 14.4 Å². The fourth-order valence-corrected chi connectivity index (χ4v) is 3.90. The monoisotopic (exact) mass is 399 g/mol. The number of fused-ring (bicyclic) bond motifs is 1. The van der Waals surface area contributed by atoms with E-state index in [4.69, 9.17) is 16.0 Å². The van der Waals surface area contributed by atoms with Gasteiger partial charge in [-0.2, -0.15) is 0 Å². The van der Waals surface area contributed by atoms with Crippen LogP contribution in [0.5, 0.6) is 0 Å². The molecule has 1 aliphatic rings. The number of carbonyl (C=O) groups excluding carboxylic acids is 1. The van der Waals surface area contributed by atoms with Crippen molar-refractivity contribution >= 4 is 34.6 Å². The van der Waals surface area contributed by atoms with E-state index in [1.54, 1.807) is 18.2 Å². The Bertz CT molecular complexity index is 1190. The lowest BCUT2D eigenvalue weighted by molar-refractivity contribution is 0.0941. The molecule has 0 saturated carbocycles. The number of benzene rings is 1. The van der Waals surface area contributed by atoms with Crippen LogP contribution in [0.3, 0.4) is 0 Å². The Balaban J connectivity index is 1.66. The number of furan rings is 1. The van der Waals surface area contributed by atoms with E-state index in [2.05, 4.69) is 16.0 Å². The molecule has 7 nitrogen and oxygen atoms in total. The number of amides is 1. The van der Waals surface area contributed by atoms with Crippen LogP contribution in [0.1, 0.15) is 41.3 Å². The Labute approximate surface area is 165 Å². The van der Waals surface area contributed by atoms with Crippen molar-refractivity contribution in [2.75, 3.05) is 10.6 Å². The molecule has 8 heteroatoms. The molecule has 4 rings (SSSR count). The molecule has 0 radical (unpaired) electrons. The molecule has 0 unspecified atom stereocenters. The zero-order valence-corrected chi connectivity index (χ0v) is 16.3. The first-order chi connectivity index (χ1) is 13.2. The van der Waals surface area contributed by atoms with E-state index in [0.717, 1.165) is 5.76 Å². The minimum atomic E-state index is -0.639.